The SMILES string of the molecule is C[C@H]1[C@H]([Si](C)(C)O)[C@@H](CCn2cc(C(CO)c3ccccc3)nn2)O[C@H]1CCc1ccc(N2CN(c3ccccc3)C3(CCNCC3)C2=O)cc1. The number of benzene rings is 3. The third-order valence-corrected chi connectivity index (χ3v) is 14.1. The fourth-order valence-corrected chi connectivity index (χ4v) is 11.6. The summed E-state index contributed by atoms with van der Waals surface area (Å²) in [5.41, 5.74) is 4.59. The molecular weight excluding hydrogens is 657 g/mol. The molecule has 0 bridgehead atoms. The molecule has 3 fully saturated rings. The third-order valence-electron chi connectivity index (χ3n) is 11.6. The van der Waals surface area contributed by atoms with Crippen LogP contribution in [0.15, 0.2) is 91.1 Å². The van der Waals surface area contributed by atoms with Crippen LogP contribution in [0.5, 0.6) is 0 Å². The molecule has 4 heterocycles. The van der Waals surface area contributed by atoms with Crippen molar-refractivity contribution in [3.05, 3.63) is 108 Å². The monoisotopic (exact) mass is 708 g/mol. The van der Waals surface area contributed by atoms with Crippen LogP contribution < -0.4 is 15.1 Å². The number of aryl methyl sites for hydroxylation is 2. The minimum absolute atomic E-state index is 0.0371. The highest BCUT2D eigenvalue weighted by Crippen LogP contribution is 2.46. The summed E-state index contributed by atoms with van der Waals surface area (Å²) in [4.78, 5) is 29.7. The van der Waals surface area contributed by atoms with Gasteiger partial charge in [-0.3, -0.25) is 14.4 Å². The van der Waals surface area contributed by atoms with Crippen molar-refractivity contribution in [3.8, 4) is 0 Å². The average molecular weight is 709 g/mol. The molecule has 0 radical (unpaired) electrons. The van der Waals surface area contributed by atoms with Crippen LogP contribution in [0.4, 0.5) is 11.4 Å². The van der Waals surface area contributed by atoms with Crippen LogP contribution in [0, 0.1) is 5.92 Å². The van der Waals surface area contributed by atoms with Gasteiger partial charge in [0.25, 0.3) is 5.91 Å². The van der Waals surface area contributed by atoms with E-state index >= 15 is 0 Å². The van der Waals surface area contributed by atoms with E-state index in [4.69, 9.17) is 4.74 Å². The highest BCUT2D eigenvalue weighted by Gasteiger charge is 2.53. The summed E-state index contributed by atoms with van der Waals surface area (Å²) in [6.45, 7) is 9.09. The first-order valence-electron chi connectivity index (χ1n) is 18.6. The molecule has 7 rings (SSSR count). The number of piperidine rings is 1. The lowest BCUT2D eigenvalue weighted by atomic mass is 9.86. The lowest BCUT2D eigenvalue weighted by Gasteiger charge is -2.39. The molecule has 3 aliphatic rings. The Hall–Kier alpha value is -3.87. The molecule has 5 atom stereocenters. The maximum atomic E-state index is 14.1. The van der Waals surface area contributed by atoms with Crippen molar-refractivity contribution in [1.29, 1.82) is 0 Å². The van der Waals surface area contributed by atoms with E-state index in [1.54, 1.807) is 0 Å². The fourth-order valence-electron chi connectivity index (χ4n) is 8.90. The standard InChI is InChI=1S/C40H52N6O4Si/c1-29-36(50-37(38(29)51(2,3)49)20-25-44-26-35(42-43-44)34(27-47)31-10-6-4-7-11-31)19-16-30-14-17-32(18-15-30)45-28-46(33-12-8-5-9-13-33)40(39(45)48)21-23-41-24-22-40/h4-15,17-18,26,29,34,36-38,41,47,49H,16,19-25,27-28H2,1-3H3/t29-,34?,36+,37-,38+/m1/s1. The molecule has 270 valence electrons. The van der Waals surface area contributed by atoms with Crippen molar-refractivity contribution in [3.63, 3.8) is 0 Å². The quantitative estimate of drug-likeness (QED) is 0.169. The minimum atomic E-state index is -2.53. The second kappa shape index (κ2) is 15.0. The van der Waals surface area contributed by atoms with Crippen molar-refractivity contribution in [1.82, 2.24) is 20.3 Å². The van der Waals surface area contributed by atoms with Crippen LogP contribution >= 0.6 is 0 Å². The molecule has 1 amide bonds. The second-order valence-electron chi connectivity index (χ2n) is 15.2. The number of rotatable bonds is 12. The van der Waals surface area contributed by atoms with Gasteiger partial charge in [0.2, 0.25) is 0 Å². The van der Waals surface area contributed by atoms with Gasteiger partial charge in [-0.15, -0.1) is 5.10 Å². The Kier molecular flexibility index (Phi) is 10.5. The Labute approximate surface area is 302 Å². The van der Waals surface area contributed by atoms with Crippen LogP contribution in [0.1, 0.15) is 55.3 Å². The summed E-state index contributed by atoms with van der Waals surface area (Å²) >= 11 is 0. The number of ether oxygens (including phenoxy) is 1. The van der Waals surface area contributed by atoms with E-state index in [0.29, 0.717) is 13.2 Å². The number of nitrogens with zero attached hydrogens (tertiary/aromatic N) is 5. The van der Waals surface area contributed by atoms with Crippen molar-refractivity contribution in [2.24, 2.45) is 5.92 Å². The van der Waals surface area contributed by atoms with Gasteiger partial charge < -0.3 is 24.9 Å². The number of para-hydroxylation sites is 1. The number of amides is 1. The molecule has 1 spiro atoms. The molecule has 51 heavy (non-hydrogen) atoms. The number of hydrogen-bond acceptors (Lipinski definition) is 8. The van der Waals surface area contributed by atoms with E-state index in [0.717, 1.165) is 67.8 Å². The van der Waals surface area contributed by atoms with Gasteiger partial charge in [0.05, 0.1) is 37.1 Å². The zero-order chi connectivity index (χ0) is 35.6. The molecule has 3 aromatic carbocycles. The number of nitrogens with one attached hydrogen (secondary N) is 1. The minimum Gasteiger partial charge on any atom is -0.432 e. The van der Waals surface area contributed by atoms with Crippen LogP contribution in [-0.4, -0.2) is 83.2 Å². The summed E-state index contributed by atoms with van der Waals surface area (Å²) in [6.07, 6.45) is 5.94. The molecule has 3 saturated heterocycles. The largest absolute Gasteiger partial charge is 0.432 e. The first-order valence-corrected chi connectivity index (χ1v) is 21.6. The number of carbonyl (C=O) groups excluding carboxylic acids is 1. The highest BCUT2D eigenvalue weighted by molar-refractivity contribution is 6.71. The van der Waals surface area contributed by atoms with Gasteiger partial charge in [-0.05, 0) is 99.6 Å². The highest BCUT2D eigenvalue weighted by atomic mass is 28.4. The zero-order valence-electron chi connectivity index (χ0n) is 30.1. The normalized spacial score (nSPS) is 24.1. The number of aliphatic hydroxyl groups excluding tert-OH is 1. The Morgan fingerprint density at radius 2 is 1.63 bits per heavy atom. The zero-order valence-corrected chi connectivity index (χ0v) is 31.1. The maximum absolute atomic E-state index is 14.1. The first-order chi connectivity index (χ1) is 24.7. The van der Waals surface area contributed by atoms with Crippen molar-refractivity contribution in [2.45, 2.75) is 87.9 Å². The van der Waals surface area contributed by atoms with Crippen molar-refractivity contribution in [2.75, 3.05) is 36.2 Å². The van der Waals surface area contributed by atoms with E-state index in [1.165, 1.54) is 5.56 Å². The predicted octanol–water partition coefficient (Wildman–Crippen LogP) is 5.33. The number of carbonyl (C=O) groups is 1. The van der Waals surface area contributed by atoms with Gasteiger partial charge in [-0.2, -0.15) is 0 Å². The predicted molar refractivity (Wildman–Crippen MR) is 202 cm³/mol. The van der Waals surface area contributed by atoms with Gasteiger partial charge in [-0.1, -0.05) is 72.8 Å². The molecule has 11 heteroatoms. The fraction of sp³-hybridized carbons (Fsp3) is 0.475. The molecule has 1 aromatic heterocycles. The Balaban J connectivity index is 0.985. The number of aliphatic hydroxyl groups is 1. The first kappa shape index (κ1) is 35.5. The van der Waals surface area contributed by atoms with E-state index in [2.05, 4.69) is 63.9 Å². The summed E-state index contributed by atoms with van der Waals surface area (Å²) in [5, 5.41) is 22.3. The number of aromatic nitrogens is 3. The van der Waals surface area contributed by atoms with Crippen LogP contribution in [0.25, 0.3) is 0 Å². The molecule has 3 N–H and O–H groups in total. The summed E-state index contributed by atoms with van der Waals surface area (Å²) < 4.78 is 8.58. The second-order valence-corrected chi connectivity index (χ2v) is 19.2. The number of hydrogen-bond donors (Lipinski definition) is 3. The Morgan fingerprint density at radius 1 is 0.941 bits per heavy atom. The molecular formula is C40H52N6O4Si. The summed E-state index contributed by atoms with van der Waals surface area (Å²) in [7, 11) is -2.53. The molecule has 4 aromatic rings. The van der Waals surface area contributed by atoms with Gasteiger partial charge in [0.1, 0.15) is 5.54 Å². The van der Waals surface area contributed by atoms with Gasteiger partial charge in [0, 0.05) is 29.7 Å². The van der Waals surface area contributed by atoms with Gasteiger partial charge >= 0.3 is 0 Å². The van der Waals surface area contributed by atoms with Gasteiger partial charge in [-0.25, -0.2) is 0 Å². The van der Waals surface area contributed by atoms with E-state index < -0.39 is 13.9 Å². The van der Waals surface area contributed by atoms with Crippen LogP contribution in [0.3, 0.4) is 0 Å². The summed E-state index contributed by atoms with van der Waals surface area (Å²) in [6, 6.07) is 28.7. The molecule has 3 aliphatic heterocycles. The topological polar surface area (TPSA) is 116 Å². The average Bonchev–Trinajstić information content (AvgIpc) is 3.82. The lowest BCUT2D eigenvalue weighted by Crippen LogP contribution is -2.55. The van der Waals surface area contributed by atoms with Crippen LogP contribution in [0.2, 0.25) is 18.6 Å². The van der Waals surface area contributed by atoms with Crippen LogP contribution in [-0.2, 0) is 22.5 Å². The third kappa shape index (κ3) is 7.27. The van der Waals surface area contributed by atoms with Gasteiger partial charge in [0.15, 0.2) is 8.32 Å². The van der Waals surface area contributed by atoms with Crippen molar-refractivity contribution >= 4 is 25.6 Å². The van der Waals surface area contributed by atoms with E-state index in [1.807, 2.05) is 77.4 Å². The van der Waals surface area contributed by atoms with E-state index in [9.17, 15) is 14.7 Å². The molecule has 0 saturated carbocycles. The molecule has 1 unspecified atom stereocenters. The van der Waals surface area contributed by atoms with E-state index in [-0.39, 0.29) is 42.1 Å². The number of anilines is 2. The summed E-state index contributed by atoms with van der Waals surface area (Å²) in [5.74, 6) is 0.202. The molecule has 0 aliphatic carbocycles. The van der Waals surface area contributed by atoms with Crippen molar-refractivity contribution < 1.29 is 19.4 Å². The lowest BCUT2D eigenvalue weighted by molar-refractivity contribution is -0.122. The smallest absolute Gasteiger partial charge is 0.254 e. The molecule has 10 nitrogen and oxygen atoms in total. The maximum Gasteiger partial charge on any atom is 0.254 e. The Morgan fingerprint density at radius 3 is 2.29 bits per heavy atom. The Bertz CT molecular complexity index is 1740.